The average molecular weight is 241 g/mol. The number of esters is 1. The number of hydrogen-bond acceptors (Lipinski definition) is 4. The third kappa shape index (κ3) is 4.86. The summed E-state index contributed by atoms with van der Waals surface area (Å²) < 4.78 is 4.79. The highest BCUT2D eigenvalue weighted by Gasteiger charge is 2.27. The van der Waals surface area contributed by atoms with Gasteiger partial charge in [-0.1, -0.05) is 13.8 Å². The number of Topliss-reactive ketones (excluding diaryl/α,β-unsaturated/α-hetero) is 1. The number of carbonyl (C=O) groups is 2. The summed E-state index contributed by atoms with van der Waals surface area (Å²) in [7, 11) is 0. The SMILES string of the molecule is CCOC(=O)CCC(=O)CN1CC(C)C(C)C1. The molecule has 1 rings (SSSR count). The molecule has 0 saturated carbocycles. The molecule has 0 radical (unpaired) electrons. The second-order valence-corrected chi connectivity index (χ2v) is 4.99. The second kappa shape index (κ2) is 6.74. The molecule has 0 aromatic rings. The molecule has 0 spiro atoms. The molecule has 0 aromatic carbocycles. The van der Waals surface area contributed by atoms with Gasteiger partial charge in [0.2, 0.25) is 0 Å². The Kier molecular flexibility index (Phi) is 5.62. The standard InChI is InChI=1S/C13H23NO3/c1-4-17-13(16)6-5-12(15)9-14-7-10(2)11(3)8-14/h10-11H,4-9H2,1-3H3. The maximum atomic E-state index is 11.7. The summed E-state index contributed by atoms with van der Waals surface area (Å²) in [6, 6.07) is 0. The lowest BCUT2D eigenvalue weighted by Crippen LogP contribution is -2.28. The lowest BCUT2D eigenvalue weighted by atomic mass is 10.0. The normalized spacial score (nSPS) is 24.9. The average Bonchev–Trinajstić information content (AvgIpc) is 2.55. The van der Waals surface area contributed by atoms with Crippen molar-refractivity contribution >= 4 is 11.8 Å². The third-order valence-corrected chi connectivity index (χ3v) is 3.38. The van der Waals surface area contributed by atoms with Crippen molar-refractivity contribution in [2.45, 2.75) is 33.6 Å². The summed E-state index contributed by atoms with van der Waals surface area (Å²) in [5.74, 6) is 1.18. The molecule has 98 valence electrons. The van der Waals surface area contributed by atoms with Gasteiger partial charge in [-0.15, -0.1) is 0 Å². The van der Waals surface area contributed by atoms with Crippen molar-refractivity contribution < 1.29 is 14.3 Å². The Balaban J connectivity index is 2.19. The quantitative estimate of drug-likeness (QED) is 0.661. The smallest absolute Gasteiger partial charge is 0.306 e. The molecule has 4 heteroatoms. The monoisotopic (exact) mass is 241 g/mol. The zero-order valence-electron chi connectivity index (χ0n) is 11.1. The summed E-state index contributed by atoms with van der Waals surface area (Å²) in [6.07, 6.45) is 0.518. The highest BCUT2D eigenvalue weighted by molar-refractivity contribution is 5.84. The minimum Gasteiger partial charge on any atom is -0.466 e. The molecule has 1 aliphatic rings. The maximum absolute atomic E-state index is 11.7. The summed E-state index contributed by atoms with van der Waals surface area (Å²) in [4.78, 5) is 25.0. The van der Waals surface area contributed by atoms with Gasteiger partial charge in [-0.25, -0.2) is 0 Å². The van der Waals surface area contributed by atoms with Crippen LogP contribution in [0.4, 0.5) is 0 Å². The van der Waals surface area contributed by atoms with Crippen molar-refractivity contribution in [3.8, 4) is 0 Å². The van der Waals surface area contributed by atoms with Crippen molar-refractivity contribution in [2.75, 3.05) is 26.2 Å². The molecule has 1 aliphatic heterocycles. The van der Waals surface area contributed by atoms with Gasteiger partial charge >= 0.3 is 5.97 Å². The predicted molar refractivity (Wildman–Crippen MR) is 65.6 cm³/mol. The molecule has 0 aliphatic carbocycles. The highest BCUT2D eigenvalue weighted by Crippen LogP contribution is 2.21. The molecule has 0 N–H and O–H groups in total. The first-order valence-corrected chi connectivity index (χ1v) is 6.42. The van der Waals surface area contributed by atoms with E-state index in [0.717, 1.165) is 13.1 Å². The summed E-state index contributed by atoms with van der Waals surface area (Å²) in [6.45, 7) is 9.05. The van der Waals surface area contributed by atoms with Crippen LogP contribution in [0, 0.1) is 11.8 Å². The number of nitrogens with zero attached hydrogens (tertiary/aromatic N) is 1. The van der Waals surface area contributed by atoms with E-state index >= 15 is 0 Å². The van der Waals surface area contributed by atoms with Crippen LogP contribution in [-0.2, 0) is 14.3 Å². The van der Waals surface area contributed by atoms with Crippen LogP contribution in [0.1, 0.15) is 33.6 Å². The van der Waals surface area contributed by atoms with E-state index in [-0.39, 0.29) is 18.2 Å². The molecule has 0 aromatic heterocycles. The van der Waals surface area contributed by atoms with Crippen LogP contribution in [0.25, 0.3) is 0 Å². The number of ketones is 1. The molecular weight excluding hydrogens is 218 g/mol. The zero-order chi connectivity index (χ0) is 12.8. The topological polar surface area (TPSA) is 46.6 Å². The van der Waals surface area contributed by atoms with E-state index in [2.05, 4.69) is 18.7 Å². The summed E-state index contributed by atoms with van der Waals surface area (Å²) in [5, 5.41) is 0. The van der Waals surface area contributed by atoms with Crippen molar-refractivity contribution in [3.63, 3.8) is 0 Å². The van der Waals surface area contributed by atoms with Gasteiger partial charge in [-0.2, -0.15) is 0 Å². The predicted octanol–water partition coefficient (Wildman–Crippen LogP) is 1.49. The minimum absolute atomic E-state index is 0.138. The Hall–Kier alpha value is -0.900. The van der Waals surface area contributed by atoms with Gasteiger partial charge in [0.25, 0.3) is 0 Å². The molecule has 4 nitrogen and oxygen atoms in total. The molecule has 17 heavy (non-hydrogen) atoms. The Morgan fingerprint density at radius 2 is 1.76 bits per heavy atom. The molecule has 2 atom stereocenters. The lowest BCUT2D eigenvalue weighted by molar-refractivity contribution is -0.144. The van der Waals surface area contributed by atoms with Gasteiger partial charge < -0.3 is 4.74 Å². The first-order valence-electron chi connectivity index (χ1n) is 6.42. The minimum atomic E-state index is -0.274. The Morgan fingerprint density at radius 3 is 2.29 bits per heavy atom. The van der Waals surface area contributed by atoms with Crippen molar-refractivity contribution in [2.24, 2.45) is 11.8 Å². The third-order valence-electron chi connectivity index (χ3n) is 3.38. The van der Waals surface area contributed by atoms with Gasteiger partial charge in [0.1, 0.15) is 5.78 Å². The largest absolute Gasteiger partial charge is 0.466 e. The number of hydrogen-bond donors (Lipinski definition) is 0. The number of ether oxygens (including phenoxy) is 1. The van der Waals surface area contributed by atoms with Gasteiger partial charge in [0.15, 0.2) is 0 Å². The Labute approximate surface area is 103 Å². The first-order chi connectivity index (χ1) is 8.02. The molecule has 1 fully saturated rings. The fourth-order valence-corrected chi connectivity index (χ4v) is 2.18. The van der Waals surface area contributed by atoms with E-state index in [1.54, 1.807) is 6.92 Å². The molecular formula is C13H23NO3. The van der Waals surface area contributed by atoms with Crippen molar-refractivity contribution in [3.05, 3.63) is 0 Å². The molecule has 0 bridgehead atoms. The van der Waals surface area contributed by atoms with Crippen LogP contribution in [0.15, 0.2) is 0 Å². The highest BCUT2D eigenvalue weighted by atomic mass is 16.5. The van der Waals surface area contributed by atoms with Gasteiger partial charge in [-0.3, -0.25) is 14.5 Å². The van der Waals surface area contributed by atoms with E-state index in [9.17, 15) is 9.59 Å². The van der Waals surface area contributed by atoms with Crippen LogP contribution in [0.3, 0.4) is 0 Å². The van der Waals surface area contributed by atoms with Gasteiger partial charge in [0.05, 0.1) is 19.6 Å². The number of rotatable bonds is 6. The van der Waals surface area contributed by atoms with Crippen LogP contribution in [0.5, 0.6) is 0 Å². The van der Waals surface area contributed by atoms with E-state index in [0.29, 0.717) is 31.4 Å². The molecule has 1 heterocycles. The van der Waals surface area contributed by atoms with Crippen molar-refractivity contribution in [1.82, 2.24) is 4.90 Å². The van der Waals surface area contributed by atoms with Gasteiger partial charge in [-0.05, 0) is 18.8 Å². The molecule has 2 unspecified atom stereocenters. The van der Waals surface area contributed by atoms with Crippen LogP contribution in [0.2, 0.25) is 0 Å². The lowest BCUT2D eigenvalue weighted by Gasteiger charge is -2.13. The van der Waals surface area contributed by atoms with E-state index in [1.165, 1.54) is 0 Å². The van der Waals surface area contributed by atoms with Gasteiger partial charge in [0, 0.05) is 19.5 Å². The van der Waals surface area contributed by atoms with Crippen LogP contribution in [-0.4, -0.2) is 42.9 Å². The zero-order valence-corrected chi connectivity index (χ0v) is 11.1. The summed E-state index contributed by atoms with van der Waals surface area (Å²) >= 11 is 0. The second-order valence-electron chi connectivity index (χ2n) is 4.99. The molecule has 0 amide bonds. The van der Waals surface area contributed by atoms with E-state index < -0.39 is 0 Å². The fourth-order valence-electron chi connectivity index (χ4n) is 2.18. The fraction of sp³-hybridized carbons (Fsp3) is 0.846. The molecule has 1 saturated heterocycles. The first kappa shape index (κ1) is 14.2. The van der Waals surface area contributed by atoms with Crippen LogP contribution >= 0.6 is 0 Å². The van der Waals surface area contributed by atoms with E-state index in [4.69, 9.17) is 4.74 Å². The number of carbonyl (C=O) groups excluding carboxylic acids is 2. The summed E-state index contributed by atoms with van der Waals surface area (Å²) in [5.41, 5.74) is 0. The Bertz CT molecular complexity index is 268. The van der Waals surface area contributed by atoms with E-state index in [1.807, 2.05) is 0 Å². The maximum Gasteiger partial charge on any atom is 0.306 e. The number of likely N-dealkylation sites (tertiary alicyclic amines) is 1. The van der Waals surface area contributed by atoms with Crippen LogP contribution < -0.4 is 0 Å². The Morgan fingerprint density at radius 1 is 1.18 bits per heavy atom. The van der Waals surface area contributed by atoms with Crippen molar-refractivity contribution in [1.29, 1.82) is 0 Å².